The van der Waals surface area contributed by atoms with E-state index in [4.69, 9.17) is 14.2 Å². The molecule has 1 aliphatic rings. The van der Waals surface area contributed by atoms with Gasteiger partial charge in [-0.1, -0.05) is 6.92 Å². The quantitative estimate of drug-likeness (QED) is 0.874. The van der Waals surface area contributed by atoms with Crippen molar-refractivity contribution in [2.75, 3.05) is 21.3 Å². The molecule has 4 heteroatoms. The molecular weight excluding hydrogens is 232 g/mol. The predicted octanol–water partition coefficient (Wildman–Crippen LogP) is 2.40. The van der Waals surface area contributed by atoms with E-state index in [1.807, 2.05) is 6.07 Å². The van der Waals surface area contributed by atoms with Gasteiger partial charge < -0.3 is 19.3 Å². The van der Waals surface area contributed by atoms with Crippen molar-refractivity contribution in [1.29, 1.82) is 0 Å². The molecule has 1 aromatic rings. The van der Waals surface area contributed by atoms with Crippen LogP contribution in [0.2, 0.25) is 0 Å². The third-order valence-corrected chi connectivity index (χ3v) is 3.63. The lowest BCUT2D eigenvalue weighted by atomic mass is 10.0. The van der Waals surface area contributed by atoms with Crippen LogP contribution in [0.1, 0.15) is 25.0 Å². The first-order valence-electron chi connectivity index (χ1n) is 6.11. The van der Waals surface area contributed by atoms with Gasteiger partial charge in [-0.2, -0.15) is 0 Å². The molecular formula is C14H20O4. The van der Waals surface area contributed by atoms with Gasteiger partial charge in [0.2, 0.25) is 5.75 Å². The number of aliphatic hydroxyl groups is 1. The second-order valence-corrected chi connectivity index (χ2v) is 4.75. The fourth-order valence-electron chi connectivity index (χ4n) is 2.38. The first-order valence-corrected chi connectivity index (χ1v) is 6.11. The summed E-state index contributed by atoms with van der Waals surface area (Å²) in [7, 11) is 4.72. The Morgan fingerprint density at radius 3 is 2.17 bits per heavy atom. The molecule has 0 spiro atoms. The molecule has 0 amide bonds. The highest BCUT2D eigenvalue weighted by Gasteiger charge is 2.41. The maximum Gasteiger partial charge on any atom is 0.203 e. The van der Waals surface area contributed by atoms with E-state index < -0.39 is 6.10 Å². The van der Waals surface area contributed by atoms with Crippen LogP contribution in [0, 0.1) is 11.8 Å². The Labute approximate surface area is 107 Å². The summed E-state index contributed by atoms with van der Waals surface area (Å²) in [5.74, 6) is 2.58. The fourth-order valence-corrected chi connectivity index (χ4v) is 2.38. The lowest BCUT2D eigenvalue weighted by molar-refractivity contribution is 0.143. The largest absolute Gasteiger partial charge is 0.493 e. The van der Waals surface area contributed by atoms with E-state index >= 15 is 0 Å². The Morgan fingerprint density at radius 2 is 1.72 bits per heavy atom. The lowest BCUT2D eigenvalue weighted by Crippen LogP contribution is -2.06. The fraction of sp³-hybridized carbons (Fsp3) is 0.571. The van der Waals surface area contributed by atoms with Crippen LogP contribution in [0.3, 0.4) is 0 Å². The molecule has 4 nitrogen and oxygen atoms in total. The second-order valence-electron chi connectivity index (χ2n) is 4.75. The van der Waals surface area contributed by atoms with Gasteiger partial charge in [0.05, 0.1) is 27.4 Å². The molecule has 0 aliphatic heterocycles. The molecule has 0 radical (unpaired) electrons. The maximum atomic E-state index is 10.3. The van der Waals surface area contributed by atoms with Gasteiger partial charge in [-0.05, 0) is 30.4 Å². The summed E-state index contributed by atoms with van der Waals surface area (Å²) in [6.07, 6.45) is 0.549. The van der Waals surface area contributed by atoms with Gasteiger partial charge in [0, 0.05) is 5.56 Å². The molecule has 1 aromatic carbocycles. The van der Waals surface area contributed by atoms with E-state index in [0.29, 0.717) is 29.1 Å². The third kappa shape index (κ3) is 2.12. The molecule has 1 aliphatic carbocycles. The summed E-state index contributed by atoms with van der Waals surface area (Å²) in [6.45, 7) is 2.14. The van der Waals surface area contributed by atoms with Crippen LogP contribution in [0.5, 0.6) is 17.2 Å². The van der Waals surface area contributed by atoms with Crippen LogP contribution >= 0.6 is 0 Å². The van der Waals surface area contributed by atoms with Crippen molar-refractivity contribution in [3.8, 4) is 17.2 Å². The zero-order chi connectivity index (χ0) is 13.3. The van der Waals surface area contributed by atoms with Crippen molar-refractivity contribution in [3.05, 3.63) is 17.7 Å². The number of rotatable bonds is 5. The van der Waals surface area contributed by atoms with E-state index in [1.165, 1.54) is 0 Å². The summed E-state index contributed by atoms with van der Waals surface area (Å²) in [4.78, 5) is 0. The van der Waals surface area contributed by atoms with Crippen molar-refractivity contribution in [3.63, 3.8) is 0 Å². The number of benzene rings is 1. The predicted molar refractivity (Wildman–Crippen MR) is 68.3 cm³/mol. The first kappa shape index (κ1) is 13.0. The van der Waals surface area contributed by atoms with Crippen LogP contribution in [-0.4, -0.2) is 26.4 Å². The van der Waals surface area contributed by atoms with Crippen molar-refractivity contribution in [2.24, 2.45) is 11.8 Å². The van der Waals surface area contributed by atoms with Crippen molar-refractivity contribution >= 4 is 0 Å². The molecule has 100 valence electrons. The molecule has 0 aromatic heterocycles. The number of ether oxygens (including phenoxy) is 3. The van der Waals surface area contributed by atoms with Gasteiger partial charge in [0.15, 0.2) is 11.5 Å². The topological polar surface area (TPSA) is 47.9 Å². The Bertz CT molecular complexity index is 430. The maximum absolute atomic E-state index is 10.3. The minimum absolute atomic E-state index is 0.317. The standard InChI is InChI=1S/C14H20O4/c1-8-7-10(8)12(15)9-5-6-11(16-2)14(18-4)13(9)17-3/h5-6,8,10,12,15H,7H2,1-4H3. The van der Waals surface area contributed by atoms with Gasteiger partial charge in [-0.25, -0.2) is 0 Å². The summed E-state index contributed by atoms with van der Waals surface area (Å²) in [5, 5.41) is 10.3. The van der Waals surface area contributed by atoms with Gasteiger partial charge in [-0.15, -0.1) is 0 Å². The zero-order valence-corrected chi connectivity index (χ0v) is 11.3. The monoisotopic (exact) mass is 252 g/mol. The highest BCUT2D eigenvalue weighted by Crippen LogP contribution is 2.51. The number of aliphatic hydroxyl groups excluding tert-OH is 1. The normalized spacial score (nSPS) is 23.4. The molecule has 2 rings (SSSR count). The first-order chi connectivity index (χ1) is 8.63. The van der Waals surface area contributed by atoms with Crippen molar-refractivity contribution in [2.45, 2.75) is 19.4 Å². The lowest BCUT2D eigenvalue weighted by Gasteiger charge is -2.19. The van der Waals surface area contributed by atoms with E-state index in [0.717, 1.165) is 12.0 Å². The SMILES string of the molecule is COc1ccc(C(O)C2CC2C)c(OC)c1OC. The van der Waals surface area contributed by atoms with E-state index in [-0.39, 0.29) is 0 Å². The van der Waals surface area contributed by atoms with Crippen LogP contribution in [0.15, 0.2) is 12.1 Å². The van der Waals surface area contributed by atoms with Crippen LogP contribution in [-0.2, 0) is 0 Å². The van der Waals surface area contributed by atoms with E-state index in [1.54, 1.807) is 27.4 Å². The van der Waals surface area contributed by atoms with Gasteiger partial charge in [0.1, 0.15) is 0 Å². The Balaban J connectivity index is 2.41. The van der Waals surface area contributed by atoms with Crippen LogP contribution < -0.4 is 14.2 Å². The Kier molecular flexibility index (Phi) is 3.66. The second kappa shape index (κ2) is 5.06. The summed E-state index contributed by atoms with van der Waals surface area (Å²) in [6, 6.07) is 3.64. The molecule has 1 fully saturated rings. The van der Waals surface area contributed by atoms with Gasteiger partial charge >= 0.3 is 0 Å². The van der Waals surface area contributed by atoms with Gasteiger partial charge in [0.25, 0.3) is 0 Å². The minimum Gasteiger partial charge on any atom is -0.493 e. The molecule has 0 saturated heterocycles. The highest BCUT2D eigenvalue weighted by atomic mass is 16.5. The molecule has 18 heavy (non-hydrogen) atoms. The molecule has 1 saturated carbocycles. The minimum atomic E-state index is -0.505. The number of hydrogen-bond donors (Lipinski definition) is 1. The smallest absolute Gasteiger partial charge is 0.203 e. The Morgan fingerprint density at radius 1 is 1.11 bits per heavy atom. The molecule has 0 bridgehead atoms. The van der Waals surface area contributed by atoms with Crippen molar-refractivity contribution in [1.82, 2.24) is 0 Å². The number of methoxy groups -OCH3 is 3. The highest BCUT2D eigenvalue weighted by molar-refractivity contribution is 5.56. The summed E-state index contributed by atoms with van der Waals surface area (Å²) >= 11 is 0. The average Bonchev–Trinajstić information content (AvgIpc) is 3.12. The van der Waals surface area contributed by atoms with E-state index in [9.17, 15) is 5.11 Å². The third-order valence-electron chi connectivity index (χ3n) is 3.63. The summed E-state index contributed by atoms with van der Waals surface area (Å²) < 4.78 is 15.9. The molecule has 1 N–H and O–H groups in total. The van der Waals surface area contributed by atoms with E-state index in [2.05, 4.69) is 6.92 Å². The average molecular weight is 252 g/mol. The Hall–Kier alpha value is -1.42. The number of hydrogen-bond acceptors (Lipinski definition) is 4. The van der Waals surface area contributed by atoms with Crippen LogP contribution in [0.25, 0.3) is 0 Å². The molecule has 3 unspecified atom stereocenters. The zero-order valence-electron chi connectivity index (χ0n) is 11.3. The van der Waals surface area contributed by atoms with Crippen LogP contribution in [0.4, 0.5) is 0 Å². The van der Waals surface area contributed by atoms with Gasteiger partial charge in [-0.3, -0.25) is 0 Å². The molecule has 3 atom stereocenters. The molecule has 0 heterocycles. The summed E-state index contributed by atoms with van der Waals surface area (Å²) in [5.41, 5.74) is 0.768. The van der Waals surface area contributed by atoms with Crippen molar-refractivity contribution < 1.29 is 19.3 Å².